The van der Waals surface area contributed by atoms with Crippen molar-refractivity contribution >= 4 is 11.9 Å². The molecule has 2 rings (SSSR count). The molecule has 7 heteroatoms. The van der Waals surface area contributed by atoms with E-state index in [9.17, 15) is 27.2 Å². The topological polar surface area (TPSA) is 43.4 Å². The maximum absolute atomic E-state index is 13.3. The summed E-state index contributed by atoms with van der Waals surface area (Å²) in [4.78, 5) is 23.0. The lowest BCUT2D eigenvalue weighted by Gasteiger charge is -2.06. The maximum atomic E-state index is 13.3. The van der Waals surface area contributed by atoms with Crippen LogP contribution in [0.1, 0.15) is 20.7 Å². The van der Waals surface area contributed by atoms with Gasteiger partial charge < -0.3 is 4.74 Å². The molecule has 0 N–H and O–H groups in total. The second-order valence-corrected chi connectivity index (χ2v) is 3.87. The predicted octanol–water partition coefficient (Wildman–Crippen LogP) is 3.24. The third-order valence-corrected chi connectivity index (χ3v) is 2.52. The SMILES string of the molecule is O=C(OC(=O)c1c(F)cccc1F)c1c(F)cccc1F. The molecule has 0 amide bonds. The van der Waals surface area contributed by atoms with Crippen LogP contribution in [0.25, 0.3) is 0 Å². The quantitative estimate of drug-likeness (QED) is 0.485. The number of hydrogen-bond donors (Lipinski definition) is 0. The molecule has 0 saturated carbocycles. The summed E-state index contributed by atoms with van der Waals surface area (Å²) >= 11 is 0. The molecule has 0 aliphatic carbocycles. The molecule has 0 saturated heterocycles. The minimum absolute atomic E-state index is 0.772. The van der Waals surface area contributed by atoms with E-state index in [1.807, 2.05) is 0 Å². The lowest BCUT2D eigenvalue weighted by Crippen LogP contribution is -2.17. The van der Waals surface area contributed by atoms with Gasteiger partial charge in [0.25, 0.3) is 0 Å². The monoisotopic (exact) mass is 298 g/mol. The molecule has 0 aliphatic heterocycles. The highest BCUT2D eigenvalue weighted by atomic mass is 19.1. The third-order valence-electron chi connectivity index (χ3n) is 2.52. The van der Waals surface area contributed by atoms with Gasteiger partial charge in [-0.25, -0.2) is 27.2 Å². The average Bonchev–Trinajstić information content (AvgIpc) is 2.38. The van der Waals surface area contributed by atoms with Crippen molar-refractivity contribution in [3.63, 3.8) is 0 Å². The summed E-state index contributed by atoms with van der Waals surface area (Å²) in [6.45, 7) is 0. The largest absolute Gasteiger partial charge is 0.385 e. The Kier molecular flexibility index (Phi) is 4.02. The molecule has 108 valence electrons. The Morgan fingerprint density at radius 3 is 1.24 bits per heavy atom. The van der Waals surface area contributed by atoms with Crippen LogP contribution >= 0.6 is 0 Å². The summed E-state index contributed by atoms with van der Waals surface area (Å²) in [6, 6.07) is 5.09. The van der Waals surface area contributed by atoms with Crippen LogP contribution in [0.2, 0.25) is 0 Å². The minimum atomic E-state index is -1.68. The van der Waals surface area contributed by atoms with Crippen molar-refractivity contribution in [3.05, 3.63) is 70.8 Å². The molecule has 0 aliphatic rings. The first-order valence-electron chi connectivity index (χ1n) is 5.56. The van der Waals surface area contributed by atoms with Crippen molar-refractivity contribution in [2.24, 2.45) is 0 Å². The lowest BCUT2D eigenvalue weighted by molar-refractivity contribution is 0.0385. The Morgan fingerprint density at radius 2 is 0.952 bits per heavy atom. The molecular weight excluding hydrogens is 292 g/mol. The van der Waals surface area contributed by atoms with E-state index in [-0.39, 0.29) is 0 Å². The molecule has 0 radical (unpaired) electrons. The van der Waals surface area contributed by atoms with Gasteiger partial charge in [0.1, 0.15) is 34.4 Å². The van der Waals surface area contributed by atoms with Gasteiger partial charge in [-0.3, -0.25) is 0 Å². The van der Waals surface area contributed by atoms with Gasteiger partial charge in [-0.2, -0.15) is 0 Å². The third kappa shape index (κ3) is 2.91. The van der Waals surface area contributed by atoms with Crippen LogP contribution in [-0.4, -0.2) is 11.9 Å². The van der Waals surface area contributed by atoms with Gasteiger partial charge in [-0.15, -0.1) is 0 Å². The Balaban J connectivity index is 2.30. The molecule has 0 spiro atoms. The first kappa shape index (κ1) is 14.7. The Hall–Kier alpha value is -2.70. The van der Waals surface area contributed by atoms with E-state index in [2.05, 4.69) is 4.74 Å². The van der Waals surface area contributed by atoms with E-state index in [4.69, 9.17) is 0 Å². The van der Waals surface area contributed by atoms with Crippen molar-refractivity contribution < 1.29 is 31.9 Å². The van der Waals surface area contributed by atoms with Gasteiger partial charge in [0.05, 0.1) is 0 Å². The van der Waals surface area contributed by atoms with Crippen molar-refractivity contribution in [1.82, 2.24) is 0 Å². The van der Waals surface area contributed by atoms with Crippen LogP contribution in [0.15, 0.2) is 36.4 Å². The molecule has 21 heavy (non-hydrogen) atoms. The fraction of sp³-hybridized carbons (Fsp3) is 0. The van der Waals surface area contributed by atoms with E-state index in [1.165, 1.54) is 0 Å². The fourth-order valence-electron chi connectivity index (χ4n) is 1.57. The molecule has 2 aromatic carbocycles. The highest BCUT2D eigenvalue weighted by molar-refractivity contribution is 6.03. The van der Waals surface area contributed by atoms with Crippen molar-refractivity contribution in [3.8, 4) is 0 Å². The molecule has 3 nitrogen and oxygen atoms in total. The summed E-state index contributed by atoms with van der Waals surface area (Å²) < 4.78 is 57.4. The van der Waals surface area contributed by atoms with Gasteiger partial charge in [0.15, 0.2) is 0 Å². The summed E-state index contributed by atoms with van der Waals surface area (Å²) in [5, 5.41) is 0. The zero-order valence-electron chi connectivity index (χ0n) is 10.2. The van der Waals surface area contributed by atoms with Crippen LogP contribution in [0.3, 0.4) is 0 Å². The van der Waals surface area contributed by atoms with Crippen molar-refractivity contribution in [2.45, 2.75) is 0 Å². The summed E-state index contributed by atoms with van der Waals surface area (Å²) in [5.41, 5.74) is -2.25. The Morgan fingerprint density at radius 1 is 0.667 bits per heavy atom. The standard InChI is InChI=1S/C14H6F4O3/c15-7-3-1-4-8(16)11(7)13(19)21-14(20)12-9(17)5-2-6-10(12)18/h1-6H. The van der Waals surface area contributed by atoms with Gasteiger partial charge in [-0.05, 0) is 24.3 Å². The van der Waals surface area contributed by atoms with Gasteiger partial charge >= 0.3 is 11.9 Å². The summed E-state index contributed by atoms with van der Waals surface area (Å²) in [6.07, 6.45) is 0. The van der Waals surface area contributed by atoms with E-state index < -0.39 is 46.3 Å². The van der Waals surface area contributed by atoms with Crippen LogP contribution in [0.5, 0.6) is 0 Å². The predicted molar refractivity (Wildman–Crippen MR) is 62.5 cm³/mol. The molecule has 0 atom stereocenters. The first-order chi connectivity index (χ1) is 9.91. The summed E-state index contributed by atoms with van der Waals surface area (Å²) in [5.74, 6) is -8.41. The molecule has 2 aromatic rings. The van der Waals surface area contributed by atoms with Gasteiger partial charge in [-0.1, -0.05) is 12.1 Å². The number of carbonyl (C=O) groups is 2. The summed E-state index contributed by atoms with van der Waals surface area (Å²) in [7, 11) is 0. The smallest absolute Gasteiger partial charge is 0.352 e. The zero-order valence-corrected chi connectivity index (χ0v) is 10.2. The van der Waals surface area contributed by atoms with Crippen LogP contribution < -0.4 is 0 Å². The van der Waals surface area contributed by atoms with Gasteiger partial charge in [0, 0.05) is 0 Å². The van der Waals surface area contributed by atoms with E-state index >= 15 is 0 Å². The number of halogens is 4. The molecular formula is C14H6F4O3. The normalized spacial score (nSPS) is 10.3. The fourth-order valence-corrected chi connectivity index (χ4v) is 1.57. The highest BCUT2D eigenvalue weighted by Crippen LogP contribution is 2.17. The second-order valence-electron chi connectivity index (χ2n) is 3.87. The van der Waals surface area contributed by atoms with Crippen LogP contribution in [-0.2, 0) is 4.74 Å². The number of esters is 2. The van der Waals surface area contributed by atoms with E-state index in [0.29, 0.717) is 0 Å². The number of benzene rings is 2. The molecule has 0 aromatic heterocycles. The van der Waals surface area contributed by atoms with Gasteiger partial charge in [0.2, 0.25) is 0 Å². The first-order valence-corrected chi connectivity index (χ1v) is 5.56. The molecule has 0 fully saturated rings. The van der Waals surface area contributed by atoms with E-state index in [0.717, 1.165) is 36.4 Å². The lowest BCUT2D eigenvalue weighted by atomic mass is 10.2. The van der Waals surface area contributed by atoms with Crippen molar-refractivity contribution in [1.29, 1.82) is 0 Å². The van der Waals surface area contributed by atoms with Crippen LogP contribution in [0.4, 0.5) is 17.6 Å². The van der Waals surface area contributed by atoms with Crippen molar-refractivity contribution in [2.75, 3.05) is 0 Å². The number of rotatable bonds is 2. The molecule has 0 heterocycles. The number of ether oxygens (including phenoxy) is 1. The van der Waals surface area contributed by atoms with E-state index in [1.54, 1.807) is 0 Å². The average molecular weight is 298 g/mol. The minimum Gasteiger partial charge on any atom is -0.385 e. The molecule has 0 unspecified atom stereocenters. The second kappa shape index (κ2) is 5.74. The molecule has 0 bridgehead atoms. The number of hydrogen-bond acceptors (Lipinski definition) is 3. The Labute approximate surface area is 115 Å². The highest BCUT2D eigenvalue weighted by Gasteiger charge is 2.25. The zero-order chi connectivity index (χ0) is 15.6. The number of carbonyl (C=O) groups excluding carboxylic acids is 2. The Bertz CT molecular complexity index is 626. The van der Waals surface area contributed by atoms with Crippen LogP contribution in [0, 0.1) is 23.3 Å². The maximum Gasteiger partial charge on any atom is 0.352 e.